The highest BCUT2D eigenvalue weighted by molar-refractivity contribution is 6.90. The van der Waals surface area contributed by atoms with Gasteiger partial charge in [-0.25, -0.2) is 0 Å². The fraction of sp³-hybridized carbons (Fsp3) is 0.130. The van der Waals surface area contributed by atoms with Gasteiger partial charge in [0.15, 0.2) is 11.6 Å². The van der Waals surface area contributed by atoms with Crippen molar-refractivity contribution in [3.05, 3.63) is 88.5 Å². The highest BCUT2D eigenvalue weighted by Crippen LogP contribution is 2.39. The number of fused-ring (bicyclic) bond motifs is 6. The maximum absolute atomic E-state index is 13.3. The van der Waals surface area contributed by atoms with Crippen LogP contribution in [0, 0.1) is 0 Å². The van der Waals surface area contributed by atoms with Crippen LogP contribution in [0.25, 0.3) is 11.1 Å². The van der Waals surface area contributed by atoms with Gasteiger partial charge in [-0.2, -0.15) is 0 Å². The van der Waals surface area contributed by atoms with Crippen LogP contribution in [0.3, 0.4) is 0 Å². The van der Waals surface area contributed by atoms with Crippen LogP contribution in [0.15, 0.2) is 60.7 Å². The molecule has 2 nitrogen and oxygen atoms in total. The minimum Gasteiger partial charge on any atom is -0.289 e. The molecular formula is C23H18O2Si. The Labute approximate surface area is 153 Å². The topological polar surface area (TPSA) is 34.1 Å². The summed E-state index contributed by atoms with van der Waals surface area (Å²) in [6.45, 7) is 4.69. The van der Waals surface area contributed by atoms with E-state index in [1.54, 1.807) is 12.1 Å². The van der Waals surface area contributed by atoms with Gasteiger partial charge in [0.05, 0.1) is 8.07 Å². The van der Waals surface area contributed by atoms with E-state index in [0.29, 0.717) is 22.3 Å². The number of carbonyl (C=O) groups excluding carboxylic acids is 2. The largest absolute Gasteiger partial charge is 0.289 e. The SMILES string of the molecule is C[Si]1(C)Cc2c(ccc3c2C(=O)c2ccccc2C3=O)-c2ccccc21. The molecule has 0 unspecified atom stereocenters. The molecule has 0 spiro atoms. The lowest BCUT2D eigenvalue weighted by Crippen LogP contribution is -2.48. The third-order valence-corrected chi connectivity index (χ3v) is 8.90. The molecule has 0 N–H and O–H groups in total. The maximum Gasteiger partial charge on any atom is 0.194 e. The van der Waals surface area contributed by atoms with Crippen molar-refractivity contribution in [1.29, 1.82) is 0 Å². The van der Waals surface area contributed by atoms with Gasteiger partial charge in [0.2, 0.25) is 0 Å². The Morgan fingerprint density at radius 1 is 0.654 bits per heavy atom. The van der Waals surface area contributed by atoms with Crippen molar-refractivity contribution in [3.63, 3.8) is 0 Å². The van der Waals surface area contributed by atoms with Gasteiger partial charge >= 0.3 is 0 Å². The van der Waals surface area contributed by atoms with Crippen molar-refractivity contribution < 1.29 is 9.59 Å². The number of rotatable bonds is 0. The summed E-state index contributed by atoms with van der Waals surface area (Å²) < 4.78 is 0. The summed E-state index contributed by atoms with van der Waals surface area (Å²) in [7, 11) is -1.73. The van der Waals surface area contributed by atoms with E-state index in [1.807, 2.05) is 24.3 Å². The van der Waals surface area contributed by atoms with E-state index in [0.717, 1.165) is 17.2 Å². The average Bonchev–Trinajstić information content (AvgIpc) is 2.65. The fourth-order valence-electron chi connectivity index (χ4n) is 4.54. The Morgan fingerprint density at radius 2 is 1.23 bits per heavy atom. The molecule has 0 aromatic heterocycles. The molecule has 0 saturated carbocycles. The second-order valence-electron chi connectivity index (χ2n) is 7.82. The fourth-order valence-corrected chi connectivity index (χ4v) is 7.47. The summed E-state index contributed by atoms with van der Waals surface area (Å²) in [6, 6.07) is 20.5. The molecule has 3 heteroatoms. The molecule has 1 aliphatic heterocycles. The average molecular weight is 354 g/mol. The van der Waals surface area contributed by atoms with Crippen LogP contribution in [-0.4, -0.2) is 19.6 Å². The molecule has 3 aromatic carbocycles. The predicted molar refractivity (Wildman–Crippen MR) is 106 cm³/mol. The van der Waals surface area contributed by atoms with E-state index in [-0.39, 0.29) is 11.6 Å². The number of hydrogen-bond acceptors (Lipinski definition) is 2. The molecule has 3 aromatic rings. The molecule has 5 rings (SSSR count). The highest BCUT2D eigenvalue weighted by atomic mass is 28.3. The van der Waals surface area contributed by atoms with Crippen LogP contribution >= 0.6 is 0 Å². The molecule has 2 aliphatic rings. The quantitative estimate of drug-likeness (QED) is 0.445. The highest BCUT2D eigenvalue weighted by Gasteiger charge is 2.38. The lowest BCUT2D eigenvalue weighted by Gasteiger charge is -2.35. The zero-order valence-corrected chi connectivity index (χ0v) is 15.8. The van der Waals surface area contributed by atoms with Crippen molar-refractivity contribution in [1.82, 2.24) is 0 Å². The summed E-state index contributed by atoms with van der Waals surface area (Å²) in [5, 5.41) is 1.43. The van der Waals surface area contributed by atoms with Gasteiger partial charge in [-0.15, -0.1) is 0 Å². The third-order valence-electron chi connectivity index (χ3n) is 5.77. The molecule has 0 fully saturated rings. The van der Waals surface area contributed by atoms with E-state index in [2.05, 4.69) is 37.4 Å². The van der Waals surface area contributed by atoms with Crippen LogP contribution in [-0.2, 0) is 6.04 Å². The lowest BCUT2D eigenvalue weighted by atomic mass is 9.80. The number of hydrogen-bond donors (Lipinski definition) is 0. The minimum atomic E-state index is -1.73. The van der Waals surface area contributed by atoms with Gasteiger partial charge in [0, 0.05) is 22.3 Å². The first-order chi connectivity index (χ1) is 12.5. The summed E-state index contributed by atoms with van der Waals surface area (Å²) in [6.07, 6.45) is 0. The number of benzene rings is 3. The Hall–Kier alpha value is -2.78. The van der Waals surface area contributed by atoms with Gasteiger partial charge < -0.3 is 0 Å². The molecule has 26 heavy (non-hydrogen) atoms. The van der Waals surface area contributed by atoms with Gasteiger partial charge in [0.1, 0.15) is 0 Å². The maximum atomic E-state index is 13.3. The van der Waals surface area contributed by atoms with Crippen LogP contribution in [0.5, 0.6) is 0 Å². The summed E-state index contributed by atoms with van der Waals surface area (Å²) >= 11 is 0. The summed E-state index contributed by atoms with van der Waals surface area (Å²) in [5.74, 6) is -0.0347. The number of ketones is 2. The van der Waals surface area contributed by atoms with Gasteiger partial charge in [-0.05, 0) is 28.8 Å². The molecule has 0 atom stereocenters. The molecule has 0 bridgehead atoms. The third kappa shape index (κ3) is 1.92. The van der Waals surface area contributed by atoms with Crippen LogP contribution < -0.4 is 5.19 Å². The minimum absolute atomic E-state index is 0.00349. The van der Waals surface area contributed by atoms with Crippen molar-refractivity contribution >= 4 is 24.8 Å². The van der Waals surface area contributed by atoms with Gasteiger partial charge in [-0.1, -0.05) is 72.9 Å². The Morgan fingerprint density at radius 3 is 1.96 bits per heavy atom. The first-order valence-electron chi connectivity index (χ1n) is 8.93. The second kappa shape index (κ2) is 5.12. The Balaban J connectivity index is 1.84. The molecule has 0 amide bonds. The van der Waals surface area contributed by atoms with E-state index < -0.39 is 8.07 Å². The predicted octanol–water partition coefficient (Wildman–Crippen LogP) is 4.14. The second-order valence-corrected chi connectivity index (χ2v) is 12.5. The monoisotopic (exact) mass is 354 g/mol. The zero-order chi connectivity index (χ0) is 18.1. The molecule has 126 valence electrons. The van der Waals surface area contributed by atoms with E-state index >= 15 is 0 Å². The number of carbonyl (C=O) groups is 2. The molecule has 1 heterocycles. The van der Waals surface area contributed by atoms with E-state index in [1.165, 1.54) is 10.8 Å². The Kier molecular flexibility index (Phi) is 3.04. The Bertz CT molecular complexity index is 1120. The van der Waals surface area contributed by atoms with Crippen molar-refractivity contribution in [2.75, 3.05) is 0 Å². The van der Waals surface area contributed by atoms with Crippen molar-refractivity contribution in [3.8, 4) is 11.1 Å². The van der Waals surface area contributed by atoms with Crippen molar-refractivity contribution in [2.24, 2.45) is 0 Å². The molecule has 0 radical (unpaired) electrons. The zero-order valence-electron chi connectivity index (χ0n) is 14.8. The van der Waals surface area contributed by atoms with Gasteiger partial charge in [0.25, 0.3) is 0 Å². The normalized spacial score (nSPS) is 16.4. The van der Waals surface area contributed by atoms with Gasteiger partial charge in [-0.3, -0.25) is 9.59 Å². The molecular weight excluding hydrogens is 336 g/mol. The van der Waals surface area contributed by atoms with Crippen LogP contribution in [0.2, 0.25) is 13.1 Å². The first-order valence-corrected chi connectivity index (χ1v) is 12.1. The smallest absolute Gasteiger partial charge is 0.194 e. The molecule has 1 aliphatic carbocycles. The van der Waals surface area contributed by atoms with Crippen molar-refractivity contribution in [2.45, 2.75) is 19.1 Å². The van der Waals surface area contributed by atoms with Crippen LogP contribution in [0.1, 0.15) is 37.4 Å². The lowest BCUT2D eigenvalue weighted by molar-refractivity contribution is 0.0978. The van der Waals surface area contributed by atoms with E-state index in [9.17, 15) is 9.59 Å². The molecule has 0 saturated heterocycles. The summed E-state index contributed by atoms with van der Waals surface area (Å²) in [4.78, 5) is 26.3. The van der Waals surface area contributed by atoms with E-state index in [4.69, 9.17) is 0 Å². The standard InChI is InChI=1S/C23H18O2Si/c1-26(2)13-19-14(15-7-5-6-10-20(15)26)11-12-18-21(19)23(25)17-9-4-3-8-16(17)22(18)24/h3-12H,13H2,1-2H3. The van der Waals surface area contributed by atoms with Crippen LogP contribution in [0.4, 0.5) is 0 Å². The first kappa shape index (κ1) is 15.5. The summed E-state index contributed by atoms with van der Waals surface area (Å²) in [5.41, 5.74) is 5.69.